The second-order valence-electron chi connectivity index (χ2n) is 7.15. The maximum Gasteiger partial charge on any atom is 0.251 e. The molecule has 1 aliphatic rings. The number of tetrazole rings is 1. The smallest absolute Gasteiger partial charge is 0.251 e. The highest BCUT2D eigenvalue weighted by Crippen LogP contribution is 2.35. The van der Waals surface area contributed by atoms with Gasteiger partial charge in [-0.1, -0.05) is 12.1 Å². The summed E-state index contributed by atoms with van der Waals surface area (Å²) in [6.07, 6.45) is 5.02. The number of carbonyl (C=O) groups is 1. The quantitative estimate of drug-likeness (QED) is 0.754. The molecule has 1 amide bonds. The number of rotatable bonds is 5. The first-order chi connectivity index (χ1) is 13.0. The van der Waals surface area contributed by atoms with Gasteiger partial charge < -0.3 is 5.32 Å². The number of amides is 1. The van der Waals surface area contributed by atoms with Gasteiger partial charge in [0.1, 0.15) is 12.1 Å². The Balaban J connectivity index is 1.51. The van der Waals surface area contributed by atoms with Crippen molar-refractivity contribution in [1.29, 1.82) is 0 Å². The van der Waals surface area contributed by atoms with Crippen molar-refractivity contribution in [3.63, 3.8) is 0 Å². The highest BCUT2D eigenvalue weighted by Gasteiger charge is 2.38. The van der Waals surface area contributed by atoms with Crippen LogP contribution in [-0.4, -0.2) is 31.7 Å². The zero-order valence-corrected chi connectivity index (χ0v) is 15.0. The summed E-state index contributed by atoms with van der Waals surface area (Å²) in [5.74, 6) is -0.361. The van der Waals surface area contributed by atoms with Crippen molar-refractivity contribution >= 4 is 5.91 Å². The van der Waals surface area contributed by atoms with Gasteiger partial charge in [0.2, 0.25) is 0 Å². The first kappa shape index (κ1) is 17.3. The molecule has 3 aromatic rings. The van der Waals surface area contributed by atoms with E-state index in [1.54, 1.807) is 16.8 Å². The molecular formula is C20H20FN5O. The van der Waals surface area contributed by atoms with Gasteiger partial charge >= 0.3 is 0 Å². The van der Waals surface area contributed by atoms with Gasteiger partial charge in [-0.3, -0.25) is 4.79 Å². The summed E-state index contributed by atoms with van der Waals surface area (Å²) in [5, 5.41) is 14.3. The molecule has 1 saturated carbocycles. The van der Waals surface area contributed by atoms with Crippen molar-refractivity contribution in [3.8, 4) is 5.69 Å². The SMILES string of the molecule is Cc1cc(C(=O)NC2(Cc3cccc(F)c3)CCC2)ccc1-n1cnnn1. The first-order valence-corrected chi connectivity index (χ1v) is 8.96. The fourth-order valence-corrected chi connectivity index (χ4v) is 3.63. The zero-order chi connectivity index (χ0) is 18.9. The lowest BCUT2D eigenvalue weighted by Gasteiger charge is -2.43. The average molecular weight is 365 g/mol. The summed E-state index contributed by atoms with van der Waals surface area (Å²) in [7, 11) is 0. The zero-order valence-electron chi connectivity index (χ0n) is 15.0. The maximum atomic E-state index is 13.5. The van der Waals surface area contributed by atoms with E-state index in [0.29, 0.717) is 12.0 Å². The van der Waals surface area contributed by atoms with Crippen LogP contribution in [0.5, 0.6) is 0 Å². The third-order valence-corrected chi connectivity index (χ3v) is 5.18. The molecule has 1 aliphatic carbocycles. The van der Waals surface area contributed by atoms with Crippen LogP contribution in [0.15, 0.2) is 48.8 Å². The van der Waals surface area contributed by atoms with Crippen molar-refractivity contribution in [2.75, 3.05) is 0 Å². The summed E-state index contributed by atoms with van der Waals surface area (Å²) in [6.45, 7) is 1.92. The van der Waals surface area contributed by atoms with E-state index in [9.17, 15) is 9.18 Å². The summed E-state index contributed by atoms with van der Waals surface area (Å²) in [5.41, 5.74) is 2.93. The Labute approximate surface area is 156 Å². The molecule has 2 aromatic carbocycles. The van der Waals surface area contributed by atoms with Crippen LogP contribution in [0.3, 0.4) is 0 Å². The predicted molar refractivity (Wildman–Crippen MR) is 98.0 cm³/mol. The molecule has 27 heavy (non-hydrogen) atoms. The third kappa shape index (κ3) is 3.58. The molecule has 0 aliphatic heterocycles. The molecule has 6 nitrogen and oxygen atoms in total. The minimum absolute atomic E-state index is 0.113. The third-order valence-electron chi connectivity index (χ3n) is 5.18. The van der Waals surface area contributed by atoms with E-state index in [0.717, 1.165) is 36.1 Å². The lowest BCUT2D eigenvalue weighted by Crippen LogP contribution is -2.55. The molecule has 138 valence electrons. The van der Waals surface area contributed by atoms with Crippen LogP contribution >= 0.6 is 0 Å². The van der Waals surface area contributed by atoms with Gasteiger partial charge in [-0.05, 0) is 84.5 Å². The van der Waals surface area contributed by atoms with Crippen LogP contribution in [0.2, 0.25) is 0 Å². The van der Waals surface area contributed by atoms with Gasteiger partial charge in [0.15, 0.2) is 0 Å². The Morgan fingerprint density at radius 2 is 2.11 bits per heavy atom. The summed E-state index contributed by atoms with van der Waals surface area (Å²) in [4.78, 5) is 12.8. The van der Waals surface area contributed by atoms with Gasteiger partial charge in [0, 0.05) is 11.1 Å². The van der Waals surface area contributed by atoms with Gasteiger partial charge in [-0.25, -0.2) is 9.07 Å². The largest absolute Gasteiger partial charge is 0.346 e. The van der Waals surface area contributed by atoms with E-state index >= 15 is 0 Å². The number of hydrogen-bond donors (Lipinski definition) is 1. The van der Waals surface area contributed by atoms with Gasteiger partial charge in [-0.15, -0.1) is 5.10 Å². The van der Waals surface area contributed by atoms with Crippen LogP contribution in [0.1, 0.15) is 40.7 Å². The predicted octanol–water partition coefficient (Wildman–Crippen LogP) is 3.01. The molecule has 0 unspecified atom stereocenters. The van der Waals surface area contributed by atoms with Gasteiger partial charge in [-0.2, -0.15) is 0 Å². The van der Waals surface area contributed by atoms with Crippen molar-refractivity contribution in [2.45, 2.75) is 38.1 Å². The molecule has 4 rings (SSSR count). The molecule has 0 radical (unpaired) electrons. The molecule has 0 bridgehead atoms. The number of carbonyl (C=O) groups excluding carboxylic acids is 1. The number of aromatic nitrogens is 4. The lowest BCUT2D eigenvalue weighted by atomic mass is 9.72. The fraction of sp³-hybridized carbons (Fsp3) is 0.300. The van der Waals surface area contributed by atoms with E-state index in [4.69, 9.17) is 0 Å². The second kappa shape index (κ2) is 6.90. The number of aryl methyl sites for hydroxylation is 1. The normalized spacial score (nSPS) is 15.2. The number of nitrogens with one attached hydrogen (secondary N) is 1. The van der Waals surface area contributed by atoms with E-state index in [1.807, 2.05) is 25.1 Å². The summed E-state index contributed by atoms with van der Waals surface area (Å²) >= 11 is 0. The molecule has 1 heterocycles. The lowest BCUT2D eigenvalue weighted by molar-refractivity contribution is 0.0826. The van der Waals surface area contributed by atoms with Gasteiger partial charge in [0.05, 0.1) is 5.69 Å². The van der Waals surface area contributed by atoms with E-state index in [2.05, 4.69) is 20.8 Å². The van der Waals surface area contributed by atoms with Crippen LogP contribution in [0, 0.1) is 12.7 Å². The first-order valence-electron chi connectivity index (χ1n) is 8.96. The summed E-state index contributed by atoms with van der Waals surface area (Å²) < 4.78 is 15.1. The minimum Gasteiger partial charge on any atom is -0.346 e. The molecule has 0 atom stereocenters. The second-order valence-corrected chi connectivity index (χ2v) is 7.15. The maximum absolute atomic E-state index is 13.5. The fourth-order valence-electron chi connectivity index (χ4n) is 3.63. The Morgan fingerprint density at radius 1 is 1.26 bits per heavy atom. The molecule has 1 fully saturated rings. The van der Waals surface area contributed by atoms with Crippen molar-refractivity contribution in [3.05, 3.63) is 71.3 Å². The van der Waals surface area contributed by atoms with E-state index in [1.165, 1.54) is 18.5 Å². The Hall–Kier alpha value is -3.09. The molecule has 0 spiro atoms. The van der Waals surface area contributed by atoms with Crippen molar-refractivity contribution in [1.82, 2.24) is 25.5 Å². The number of halogens is 1. The van der Waals surface area contributed by atoms with Crippen molar-refractivity contribution in [2.24, 2.45) is 0 Å². The Morgan fingerprint density at radius 3 is 2.74 bits per heavy atom. The van der Waals surface area contributed by atoms with Crippen LogP contribution in [0.4, 0.5) is 4.39 Å². The molecule has 1 N–H and O–H groups in total. The van der Waals surface area contributed by atoms with E-state index < -0.39 is 0 Å². The standard InChI is InChI=1S/C20H20FN5O/c1-14-10-16(6-7-18(14)26-13-22-24-25-26)19(27)23-20(8-3-9-20)12-15-4-2-5-17(21)11-15/h2,4-7,10-11,13H,3,8-9,12H2,1H3,(H,23,27). The average Bonchev–Trinajstić information content (AvgIpc) is 3.14. The number of benzene rings is 2. The van der Waals surface area contributed by atoms with Crippen LogP contribution in [-0.2, 0) is 6.42 Å². The minimum atomic E-state index is -0.298. The van der Waals surface area contributed by atoms with Crippen LogP contribution in [0.25, 0.3) is 5.69 Å². The topological polar surface area (TPSA) is 72.7 Å². The van der Waals surface area contributed by atoms with Gasteiger partial charge in [0.25, 0.3) is 5.91 Å². The highest BCUT2D eigenvalue weighted by atomic mass is 19.1. The Kier molecular flexibility index (Phi) is 4.43. The highest BCUT2D eigenvalue weighted by molar-refractivity contribution is 5.95. The molecule has 0 saturated heterocycles. The summed E-state index contributed by atoms with van der Waals surface area (Å²) in [6, 6.07) is 12.0. The number of hydrogen-bond acceptors (Lipinski definition) is 4. The Bertz CT molecular complexity index is 966. The number of nitrogens with zero attached hydrogens (tertiary/aromatic N) is 4. The van der Waals surface area contributed by atoms with Crippen LogP contribution < -0.4 is 5.32 Å². The molecule has 1 aromatic heterocycles. The monoisotopic (exact) mass is 365 g/mol. The molecular weight excluding hydrogens is 345 g/mol. The van der Waals surface area contributed by atoms with Crippen molar-refractivity contribution < 1.29 is 9.18 Å². The molecule has 7 heteroatoms. The van der Waals surface area contributed by atoms with E-state index in [-0.39, 0.29) is 17.3 Å².